The first-order valence-electron chi connectivity index (χ1n) is 4.18. The van der Waals surface area contributed by atoms with E-state index in [-0.39, 0.29) is 5.69 Å². The number of hydrogen-bond acceptors (Lipinski definition) is 3. The zero-order chi connectivity index (χ0) is 10.6. The lowest BCUT2D eigenvalue weighted by molar-refractivity contribution is 0.0691. The molecule has 0 radical (unpaired) electrons. The predicted octanol–water partition coefficient (Wildman–Crippen LogP) is 1.77. The minimum atomic E-state index is -1.03. The van der Waals surface area contributed by atoms with Crippen molar-refractivity contribution in [3.63, 3.8) is 0 Å². The smallest absolute Gasteiger partial charge is 0.356 e. The van der Waals surface area contributed by atoms with Crippen molar-refractivity contribution < 1.29 is 9.90 Å². The summed E-state index contributed by atoms with van der Waals surface area (Å²) in [5.74, 6) is -1.03. The van der Waals surface area contributed by atoms with Crippen molar-refractivity contribution in [2.24, 2.45) is 0 Å². The van der Waals surface area contributed by atoms with Gasteiger partial charge in [0.25, 0.3) is 0 Å². The molecule has 1 heterocycles. The van der Waals surface area contributed by atoms with Crippen LogP contribution in [0.2, 0.25) is 0 Å². The Morgan fingerprint density at radius 1 is 1.71 bits per heavy atom. The Morgan fingerprint density at radius 2 is 2.43 bits per heavy atom. The van der Waals surface area contributed by atoms with Gasteiger partial charge in [0.1, 0.15) is 0 Å². The van der Waals surface area contributed by atoms with E-state index in [1.54, 1.807) is 12.1 Å². The number of aromatic nitrogens is 1. The number of carboxylic acids is 1. The summed E-state index contributed by atoms with van der Waals surface area (Å²) >= 11 is 0. The van der Waals surface area contributed by atoms with Crippen LogP contribution in [-0.2, 0) is 0 Å². The first-order chi connectivity index (χ1) is 6.61. The van der Waals surface area contributed by atoms with Gasteiger partial charge in [0, 0.05) is 12.7 Å². The van der Waals surface area contributed by atoms with E-state index < -0.39 is 5.97 Å². The zero-order valence-corrected chi connectivity index (χ0v) is 7.95. The molecule has 0 saturated heterocycles. The van der Waals surface area contributed by atoms with Crippen LogP contribution in [0.5, 0.6) is 0 Å². The van der Waals surface area contributed by atoms with Crippen LogP contribution in [0.4, 0.5) is 5.69 Å². The van der Waals surface area contributed by atoms with Gasteiger partial charge in [0.15, 0.2) is 5.69 Å². The van der Waals surface area contributed by atoms with E-state index in [9.17, 15) is 4.79 Å². The third-order valence-electron chi connectivity index (χ3n) is 1.59. The molecule has 1 rings (SSSR count). The Labute approximate surface area is 82.3 Å². The third-order valence-corrected chi connectivity index (χ3v) is 1.59. The van der Waals surface area contributed by atoms with Crippen LogP contribution in [0.25, 0.3) is 0 Å². The van der Waals surface area contributed by atoms with Gasteiger partial charge >= 0.3 is 5.97 Å². The molecule has 2 N–H and O–H groups in total. The van der Waals surface area contributed by atoms with Gasteiger partial charge in [-0.05, 0) is 19.1 Å². The largest absolute Gasteiger partial charge is 0.476 e. The summed E-state index contributed by atoms with van der Waals surface area (Å²) in [4.78, 5) is 14.5. The zero-order valence-electron chi connectivity index (χ0n) is 7.95. The van der Waals surface area contributed by atoms with E-state index in [1.807, 2.05) is 6.92 Å². The van der Waals surface area contributed by atoms with E-state index in [0.717, 1.165) is 5.57 Å². The number of carbonyl (C=O) groups is 1. The molecule has 4 heteroatoms. The van der Waals surface area contributed by atoms with E-state index in [0.29, 0.717) is 12.2 Å². The minimum absolute atomic E-state index is 0.0359. The maximum Gasteiger partial charge on any atom is 0.356 e. The standard InChI is InChI=1S/C10H12N2O2/c1-7(2)6-12-8-4-3-5-11-9(8)10(13)14/h3-5,12H,1,6H2,2H3,(H,13,14). The van der Waals surface area contributed by atoms with Crippen molar-refractivity contribution in [3.8, 4) is 0 Å². The normalized spacial score (nSPS) is 9.50. The van der Waals surface area contributed by atoms with Gasteiger partial charge in [0.05, 0.1) is 5.69 Å². The number of nitrogens with one attached hydrogen (secondary N) is 1. The van der Waals surface area contributed by atoms with Crippen LogP contribution in [0.1, 0.15) is 17.4 Å². The topological polar surface area (TPSA) is 62.2 Å². The summed E-state index contributed by atoms with van der Waals surface area (Å²) in [7, 11) is 0. The fourth-order valence-corrected chi connectivity index (χ4v) is 0.964. The van der Waals surface area contributed by atoms with Crippen LogP contribution in [0, 0.1) is 0 Å². The van der Waals surface area contributed by atoms with Gasteiger partial charge in [-0.1, -0.05) is 12.2 Å². The second-order valence-corrected chi connectivity index (χ2v) is 3.02. The van der Waals surface area contributed by atoms with Gasteiger partial charge in [-0.2, -0.15) is 0 Å². The summed E-state index contributed by atoms with van der Waals surface area (Å²) in [5, 5.41) is 11.8. The molecular weight excluding hydrogens is 180 g/mol. The van der Waals surface area contributed by atoms with Crippen LogP contribution < -0.4 is 5.32 Å². The Balaban J connectivity index is 2.84. The van der Waals surface area contributed by atoms with E-state index >= 15 is 0 Å². The molecule has 1 aromatic heterocycles. The molecule has 4 nitrogen and oxygen atoms in total. The lowest BCUT2D eigenvalue weighted by atomic mass is 10.2. The molecule has 0 saturated carbocycles. The maximum atomic E-state index is 10.7. The Kier molecular flexibility index (Phi) is 3.23. The number of carboxylic acid groups (broad SMARTS) is 1. The number of aromatic carboxylic acids is 1. The molecule has 0 aromatic carbocycles. The van der Waals surface area contributed by atoms with Gasteiger partial charge < -0.3 is 10.4 Å². The SMILES string of the molecule is C=C(C)CNc1cccnc1C(=O)O. The number of pyridine rings is 1. The average molecular weight is 192 g/mol. The van der Waals surface area contributed by atoms with Crippen LogP contribution in [0.15, 0.2) is 30.5 Å². The highest BCUT2D eigenvalue weighted by Gasteiger charge is 2.09. The summed E-state index contributed by atoms with van der Waals surface area (Å²) in [6.07, 6.45) is 1.45. The van der Waals surface area contributed by atoms with Crippen molar-refractivity contribution in [1.82, 2.24) is 4.98 Å². The van der Waals surface area contributed by atoms with Crippen molar-refractivity contribution in [2.75, 3.05) is 11.9 Å². The number of hydrogen-bond donors (Lipinski definition) is 2. The highest BCUT2D eigenvalue weighted by atomic mass is 16.4. The fraction of sp³-hybridized carbons (Fsp3) is 0.200. The van der Waals surface area contributed by atoms with Crippen LogP contribution in [0.3, 0.4) is 0 Å². The van der Waals surface area contributed by atoms with Crippen LogP contribution >= 0.6 is 0 Å². The Morgan fingerprint density at radius 3 is 3.00 bits per heavy atom. The second kappa shape index (κ2) is 4.41. The monoisotopic (exact) mass is 192 g/mol. The lowest BCUT2D eigenvalue weighted by Crippen LogP contribution is -2.09. The van der Waals surface area contributed by atoms with E-state index in [4.69, 9.17) is 5.11 Å². The van der Waals surface area contributed by atoms with Crippen molar-refractivity contribution >= 4 is 11.7 Å². The fourth-order valence-electron chi connectivity index (χ4n) is 0.964. The quantitative estimate of drug-likeness (QED) is 0.713. The maximum absolute atomic E-state index is 10.7. The Bertz CT molecular complexity index is 361. The molecule has 1 aromatic rings. The number of anilines is 1. The molecule has 0 fully saturated rings. The molecule has 0 spiro atoms. The van der Waals surface area contributed by atoms with Crippen LogP contribution in [-0.4, -0.2) is 22.6 Å². The van der Waals surface area contributed by atoms with Gasteiger partial charge in [-0.3, -0.25) is 0 Å². The van der Waals surface area contributed by atoms with Crippen molar-refractivity contribution in [2.45, 2.75) is 6.92 Å². The van der Waals surface area contributed by atoms with Crippen molar-refractivity contribution in [1.29, 1.82) is 0 Å². The second-order valence-electron chi connectivity index (χ2n) is 3.02. The summed E-state index contributed by atoms with van der Waals surface area (Å²) < 4.78 is 0. The first kappa shape index (κ1) is 10.2. The molecular formula is C10H12N2O2. The van der Waals surface area contributed by atoms with Crippen molar-refractivity contribution in [3.05, 3.63) is 36.2 Å². The average Bonchev–Trinajstić information content (AvgIpc) is 2.15. The molecule has 0 atom stereocenters. The summed E-state index contributed by atoms with van der Waals surface area (Å²) in [6, 6.07) is 3.37. The molecule has 0 unspecified atom stereocenters. The predicted molar refractivity (Wildman–Crippen MR) is 54.5 cm³/mol. The summed E-state index contributed by atoms with van der Waals surface area (Å²) in [6.45, 7) is 6.13. The number of rotatable bonds is 4. The molecule has 0 amide bonds. The summed E-state index contributed by atoms with van der Waals surface area (Å²) in [5.41, 5.74) is 1.49. The minimum Gasteiger partial charge on any atom is -0.476 e. The highest BCUT2D eigenvalue weighted by Crippen LogP contribution is 2.11. The molecule has 14 heavy (non-hydrogen) atoms. The van der Waals surface area contributed by atoms with Gasteiger partial charge in [0.2, 0.25) is 0 Å². The highest BCUT2D eigenvalue weighted by molar-refractivity contribution is 5.91. The first-order valence-corrected chi connectivity index (χ1v) is 4.18. The molecule has 74 valence electrons. The third kappa shape index (κ3) is 2.58. The van der Waals surface area contributed by atoms with E-state index in [2.05, 4.69) is 16.9 Å². The molecule has 0 bridgehead atoms. The number of nitrogens with zero attached hydrogens (tertiary/aromatic N) is 1. The lowest BCUT2D eigenvalue weighted by Gasteiger charge is -2.07. The molecule has 0 aliphatic carbocycles. The van der Waals surface area contributed by atoms with Gasteiger partial charge in [-0.15, -0.1) is 0 Å². The van der Waals surface area contributed by atoms with Gasteiger partial charge in [-0.25, -0.2) is 9.78 Å². The Hall–Kier alpha value is -1.84. The van der Waals surface area contributed by atoms with E-state index in [1.165, 1.54) is 6.20 Å². The molecule has 0 aliphatic rings. The molecule has 0 aliphatic heterocycles.